The Morgan fingerprint density at radius 1 is 0.808 bits per heavy atom. The number of benzene rings is 1. The van der Waals surface area contributed by atoms with Crippen LogP contribution in [-0.4, -0.2) is 134 Å². The highest BCUT2D eigenvalue weighted by Gasteiger charge is 2.56. The zero-order valence-electron chi connectivity index (χ0n) is 43.1. The molecule has 16 nitrogen and oxygen atoms in total. The molecular formula is C57H73N11O5. The third-order valence-corrected chi connectivity index (χ3v) is 18.5. The van der Waals surface area contributed by atoms with Crippen molar-refractivity contribution in [2.45, 2.75) is 159 Å². The SMILES string of the molecule is CC(C)n1cnc2cc(-c3ccc4c(c3)N(C3CC(N5CCCCC5)C3)C(=O)C43CCN(C(=O)CC4(C)CCN(C(=O)C5CCN(c6ccc(C7CCC(=O)NC7=O)cn6)CC5)CC4)CC3)nc(NC3CC3)c21. The summed E-state index contributed by atoms with van der Waals surface area (Å²) < 4.78 is 2.20. The molecule has 3 aromatic heterocycles. The van der Waals surface area contributed by atoms with Gasteiger partial charge < -0.3 is 34.4 Å². The van der Waals surface area contributed by atoms with Crippen LogP contribution < -0.4 is 20.4 Å². The van der Waals surface area contributed by atoms with Gasteiger partial charge in [-0.3, -0.25) is 29.3 Å². The van der Waals surface area contributed by atoms with E-state index in [-0.39, 0.29) is 58.9 Å². The highest BCUT2D eigenvalue weighted by Crippen LogP contribution is 2.53. The van der Waals surface area contributed by atoms with Gasteiger partial charge in [-0.1, -0.05) is 31.5 Å². The molecule has 1 aromatic carbocycles. The quantitative estimate of drug-likeness (QED) is 0.144. The zero-order valence-corrected chi connectivity index (χ0v) is 43.1. The van der Waals surface area contributed by atoms with Crippen LogP contribution in [0.2, 0.25) is 0 Å². The molecule has 9 heterocycles. The highest BCUT2D eigenvalue weighted by molar-refractivity contribution is 6.09. The Kier molecular flexibility index (Phi) is 12.6. The smallest absolute Gasteiger partial charge is 0.238 e. The molecular weight excluding hydrogens is 919 g/mol. The normalized spacial score (nSPS) is 25.6. The number of hydrogen-bond acceptors (Lipinski definition) is 11. The summed E-state index contributed by atoms with van der Waals surface area (Å²) in [5.74, 6) is 1.40. The van der Waals surface area contributed by atoms with Crippen LogP contribution in [0.5, 0.6) is 0 Å². The van der Waals surface area contributed by atoms with Crippen LogP contribution in [-0.2, 0) is 29.4 Å². The molecule has 4 aromatic rings. The number of anilines is 3. The third-order valence-electron chi connectivity index (χ3n) is 18.5. The van der Waals surface area contributed by atoms with Crippen molar-refractivity contribution in [2.24, 2.45) is 11.3 Å². The van der Waals surface area contributed by atoms with E-state index in [9.17, 15) is 19.2 Å². The first-order valence-electron chi connectivity index (χ1n) is 27.8. The molecule has 73 heavy (non-hydrogen) atoms. The molecule has 5 saturated heterocycles. The molecule has 2 N–H and O–H groups in total. The van der Waals surface area contributed by atoms with Crippen molar-refractivity contribution in [3.8, 4) is 11.3 Å². The maximum Gasteiger partial charge on any atom is 0.238 e. The Balaban J connectivity index is 0.686. The lowest BCUT2D eigenvalue weighted by Crippen LogP contribution is -2.58. The highest BCUT2D eigenvalue weighted by atomic mass is 16.2. The number of imidazole rings is 1. The standard InChI is InChI=1S/C57H73N11O5/c1-36(2)67-35-59-46-32-45(61-52(51(46)67)60-40-9-10-40)38-7-12-44-47(29-38)68(42-30-41(31-42)63-21-5-4-6-22-63)55(73)57(44)19-27-65(28-20-57)50(70)33-56(3)17-25-66(26-18-56)54(72)37-15-23-64(24-16-37)48-13-8-39(34-58-48)43-11-14-49(69)62-53(43)71/h7-8,12-13,29,32,34-37,40-43H,4-6,9-11,14-28,30-31,33H2,1-3H3,(H,60,61)(H,62,69,71). The van der Waals surface area contributed by atoms with Gasteiger partial charge in [-0.25, -0.2) is 15.0 Å². The van der Waals surface area contributed by atoms with Gasteiger partial charge in [0, 0.05) is 99.6 Å². The number of carbonyl (C=O) groups excluding carboxylic acids is 5. The predicted octanol–water partition coefficient (Wildman–Crippen LogP) is 7.33. The minimum absolute atomic E-state index is 0.0412. The minimum atomic E-state index is -0.669. The average molecular weight is 992 g/mol. The average Bonchev–Trinajstić information content (AvgIpc) is 4.05. The van der Waals surface area contributed by atoms with E-state index in [0.717, 1.165) is 128 Å². The summed E-state index contributed by atoms with van der Waals surface area (Å²) in [5.41, 5.74) is 5.87. The topological polar surface area (TPSA) is 169 Å². The Hall–Kier alpha value is -5.90. The summed E-state index contributed by atoms with van der Waals surface area (Å²) in [6, 6.07) is 13.9. The van der Waals surface area contributed by atoms with Gasteiger partial charge in [-0.05, 0) is 145 Å². The lowest BCUT2D eigenvalue weighted by Gasteiger charge is -2.48. The first-order valence-corrected chi connectivity index (χ1v) is 27.8. The fourth-order valence-electron chi connectivity index (χ4n) is 13.5. The number of aromatic nitrogens is 4. The van der Waals surface area contributed by atoms with Crippen molar-refractivity contribution in [1.82, 2.24) is 39.5 Å². The number of imide groups is 1. The van der Waals surface area contributed by atoms with Crippen LogP contribution >= 0.6 is 0 Å². The molecule has 2 aliphatic carbocycles. The van der Waals surface area contributed by atoms with Crippen LogP contribution in [0.3, 0.4) is 0 Å². The second-order valence-corrected chi connectivity index (χ2v) is 23.7. The van der Waals surface area contributed by atoms with E-state index in [1.807, 2.05) is 28.3 Å². The second-order valence-electron chi connectivity index (χ2n) is 23.7. The minimum Gasteiger partial charge on any atom is -0.366 e. The first kappa shape index (κ1) is 48.1. The Morgan fingerprint density at radius 2 is 1.55 bits per heavy atom. The predicted molar refractivity (Wildman–Crippen MR) is 280 cm³/mol. The Labute approximate surface area is 429 Å². The number of amides is 5. The summed E-state index contributed by atoms with van der Waals surface area (Å²) in [6.45, 7) is 12.7. The fraction of sp³-hybridized carbons (Fsp3) is 0.614. The Bertz CT molecular complexity index is 2790. The van der Waals surface area contributed by atoms with Crippen LogP contribution in [0.4, 0.5) is 17.3 Å². The van der Waals surface area contributed by atoms with Gasteiger partial charge in [0.05, 0.1) is 28.9 Å². The van der Waals surface area contributed by atoms with E-state index in [0.29, 0.717) is 70.4 Å². The molecule has 8 aliphatic rings. The molecule has 5 amide bonds. The lowest BCUT2D eigenvalue weighted by atomic mass is 9.72. The molecule has 1 spiro atoms. The molecule has 2 saturated carbocycles. The van der Waals surface area contributed by atoms with Crippen molar-refractivity contribution in [3.63, 3.8) is 0 Å². The van der Waals surface area contributed by atoms with Crippen LogP contribution in [0.15, 0.2) is 48.9 Å². The molecule has 0 bridgehead atoms. The number of likely N-dealkylation sites (tertiary alicyclic amines) is 3. The van der Waals surface area contributed by atoms with E-state index in [1.165, 1.54) is 19.3 Å². The number of nitrogens with zero attached hydrogens (tertiary/aromatic N) is 9. The maximum absolute atomic E-state index is 15.2. The number of hydrogen-bond donors (Lipinski definition) is 2. The Morgan fingerprint density at radius 3 is 2.23 bits per heavy atom. The summed E-state index contributed by atoms with van der Waals surface area (Å²) in [5, 5.41) is 6.14. The van der Waals surface area contributed by atoms with Gasteiger partial charge in [0.1, 0.15) is 11.3 Å². The van der Waals surface area contributed by atoms with E-state index in [2.05, 4.69) is 79.9 Å². The summed E-state index contributed by atoms with van der Waals surface area (Å²) in [7, 11) is 0. The molecule has 1 unspecified atom stereocenters. The summed E-state index contributed by atoms with van der Waals surface area (Å²) in [6.07, 6.45) is 17.3. The van der Waals surface area contributed by atoms with Gasteiger partial charge in [0.15, 0.2) is 5.82 Å². The first-order chi connectivity index (χ1) is 35.3. The molecule has 7 fully saturated rings. The van der Waals surface area contributed by atoms with Gasteiger partial charge in [0.25, 0.3) is 0 Å². The number of pyridine rings is 2. The van der Waals surface area contributed by atoms with Crippen molar-refractivity contribution < 1.29 is 24.0 Å². The molecule has 6 aliphatic heterocycles. The van der Waals surface area contributed by atoms with E-state index < -0.39 is 5.41 Å². The molecule has 1 atom stereocenters. The maximum atomic E-state index is 15.2. The van der Waals surface area contributed by atoms with E-state index in [1.54, 1.807) is 6.20 Å². The number of piperidine rings is 5. The summed E-state index contributed by atoms with van der Waals surface area (Å²) >= 11 is 0. The van der Waals surface area contributed by atoms with Gasteiger partial charge in [-0.2, -0.15) is 0 Å². The second kappa shape index (κ2) is 19.1. The van der Waals surface area contributed by atoms with E-state index >= 15 is 4.79 Å². The van der Waals surface area contributed by atoms with Gasteiger partial charge >= 0.3 is 0 Å². The molecule has 0 radical (unpaired) electrons. The van der Waals surface area contributed by atoms with Crippen LogP contribution in [0.25, 0.3) is 22.3 Å². The third kappa shape index (κ3) is 9.06. The van der Waals surface area contributed by atoms with E-state index in [4.69, 9.17) is 9.97 Å². The largest absolute Gasteiger partial charge is 0.366 e. The van der Waals surface area contributed by atoms with Crippen molar-refractivity contribution >= 4 is 57.9 Å². The number of fused-ring (bicyclic) bond motifs is 3. The number of nitrogens with one attached hydrogen (secondary N) is 2. The zero-order chi connectivity index (χ0) is 50.2. The summed E-state index contributed by atoms with van der Waals surface area (Å²) in [4.78, 5) is 93.3. The van der Waals surface area contributed by atoms with Gasteiger partial charge in [-0.15, -0.1) is 0 Å². The fourth-order valence-corrected chi connectivity index (χ4v) is 13.5. The van der Waals surface area contributed by atoms with Crippen LogP contribution in [0, 0.1) is 11.3 Å². The molecule has 12 rings (SSSR count). The van der Waals surface area contributed by atoms with Crippen molar-refractivity contribution in [2.75, 3.05) is 67.5 Å². The number of carbonyl (C=O) groups is 5. The number of rotatable bonds is 11. The van der Waals surface area contributed by atoms with Crippen LogP contribution in [0.1, 0.15) is 147 Å². The monoisotopic (exact) mass is 992 g/mol. The molecule has 386 valence electrons. The van der Waals surface area contributed by atoms with Gasteiger partial charge in [0.2, 0.25) is 29.5 Å². The van der Waals surface area contributed by atoms with Crippen molar-refractivity contribution in [1.29, 1.82) is 0 Å². The lowest BCUT2D eigenvalue weighted by molar-refractivity contribution is -0.141. The molecule has 16 heteroatoms. The van der Waals surface area contributed by atoms with Crippen molar-refractivity contribution in [3.05, 3.63) is 60.0 Å².